The van der Waals surface area contributed by atoms with Crippen LogP contribution in [-0.2, 0) is 0 Å². The highest BCUT2D eigenvalue weighted by Gasteiger charge is 2.09. The lowest BCUT2D eigenvalue weighted by Crippen LogP contribution is -1.93. The number of anilines is 1. The van der Waals surface area contributed by atoms with E-state index in [1.807, 2.05) is 13.0 Å². The van der Waals surface area contributed by atoms with Gasteiger partial charge in [0.05, 0.1) is 0 Å². The maximum atomic E-state index is 13.3. The lowest BCUT2D eigenvalue weighted by Gasteiger charge is -2.05. The molecular formula is C13H10F2N4. The van der Waals surface area contributed by atoms with Gasteiger partial charge in [-0.05, 0) is 36.2 Å². The Labute approximate surface area is 107 Å². The number of hydrogen-bond donors (Lipinski definition) is 1. The zero-order valence-electron chi connectivity index (χ0n) is 10.1. The van der Waals surface area contributed by atoms with Gasteiger partial charge in [0.25, 0.3) is 0 Å². The topological polar surface area (TPSA) is 56.2 Å². The van der Waals surface area contributed by atoms with Crippen LogP contribution in [-0.4, -0.2) is 14.6 Å². The van der Waals surface area contributed by atoms with Crippen molar-refractivity contribution in [3.63, 3.8) is 0 Å². The first-order valence-corrected chi connectivity index (χ1v) is 5.62. The average molecular weight is 260 g/mol. The third-order valence-electron chi connectivity index (χ3n) is 2.89. The largest absolute Gasteiger partial charge is 0.366 e. The molecule has 2 N–H and O–H groups in total. The minimum Gasteiger partial charge on any atom is -0.366 e. The molecule has 0 aliphatic carbocycles. The Balaban J connectivity index is 2.21. The third-order valence-corrected chi connectivity index (χ3v) is 2.89. The van der Waals surface area contributed by atoms with Crippen LogP contribution in [0.25, 0.3) is 16.8 Å². The van der Waals surface area contributed by atoms with E-state index in [1.165, 1.54) is 10.6 Å². The number of nitrogens with two attached hydrogens (primary N) is 1. The molecule has 0 aliphatic rings. The maximum Gasteiger partial charge on any atom is 0.240 e. The maximum absolute atomic E-state index is 13.3. The van der Waals surface area contributed by atoms with Gasteiger partial charge in [0, 0.05) is 11.8 Å². The Morgan fingerprint density at radius 3 is 2.63 bits per heavy atom. The number of benzene rings is 1. The summed E-state index contributed by atoms with van der Waals surface area (Å²) in [5.41, 5.74) is 8.32. The molecule has 0 spiro atoms. The van der Waals surface area contributed by atoms with E-state index in [0.717, 1.165) is 17.7 Å². The molecule has 0 amide bonds. The van der Waals surface area contributed by atoms with Gasteiger partial charge < -0.3 is 5.73 Å². The van der Waals surface area contributed by atoms with Crippen LogP contribution < -0.4 is 5.73 Å². The molecule has 4 nitrogen and oxygen atoms in total. The molecule has 0 bridgehead atoms. The summed E-state index contributed by atoms with van der Waals surface area (Å²) in [6.45, 7) is 1.85. The Bertz CT molecular complexity index is 780. The van der Waals surface area contributed by atoms with E-state index in [1.54, 1.807) is 6.20 Å². The van der Waals surface area contributed by atoms with Crippen molar-refractivity contribution in [2.24, 2.45) is 0 Å². The van der Waals surface area contributed by atoms with Crippen LogP contribution in [0, 0.1) is 18.6 Å². The van der Waals surface area contributed by atoms with E-state index in [4.69, 9.17) is 5.73 Å². The van der Waals surface area contributed by atoms with E-state index in [9.17, 15) is 8.78 Å². The van der Waals surface area contributed by atoms with Crippen molar-refractivity contribution in [3.8, 4) is 11.1 Å². The van der Waals surface area contributed by atoms with Gasteiger partial charge in [0.15, 0.2) is 17.3 Å². The number of pyridine rings is 1. The Kier molecular flexibility index (Phi) is 2.45. The van der Waals surface area contributed by atoms with Crippen molar-refractivity contribution >= 4 is 11.6 Å². The standard InChI is InChI=1S/C13H10F2N4/c1-7-4-9(6-19-12(7)17-13(16)18-19)8-2-3-10(14)11(15)5-8/h2-6H,1H3,(H2,16,18). The monoisotopic (exact) mass is 260 g/mol. The zero-order chi connectivity index (χ0) is 13.6. The van der Waals surface area contributed by atoms with Crippen LogP contribution in [0.1, 0.15) is 5.56 Å². The first-order chi connectivity index (χ1) is 9.04. The number of nitrogens with zero attached hydrogens (tertiary/aromatic N) is 3. The van der Waals surface area contributed by atoms with Gasteiger partial charge in [-0.1, -0.05) is 6.07 Å². The van der Waals surface area contributed by atoms with Crippen LogP contribution in [0.5, 0.6) is 0 Å². The highest BCUT2D eigenvalue weighted by Crippen LogP contribution is 2.24. The predicted molar refractivity (Wildman–Crippen MR) is 67.5 cm³/mol. The van der Waals surface area contributed by atoms with Crippen molar-refractivity contribution < 1.29 is 8.78 Å². The summed E-state index contributed by atoms with van der Waals surface area (Å²) < 4.78 is 27.7. The van der Waals surface area contributed by atoms with E-state index in [2.05, 4.69) is 10.1 Å². The molecule has 2 aromatic heterocycles. The summed E-state index contributed by atoms with van der Waals surface area (Å²) in [6, 6.07) is 5.59. The predicted octanol–water partition coefficient (Wildman–Crippen LogP) is 2.57. The number of aryl methyl sites for hydroxylation is 1. The minimum atomic E-state index is -0.881. The lowest BCUT2D eigenvalue weighted by molar-refractivity contribution is 0.509. The molecule has 0 atom stereocenters. The number of nitrogen functional groups attached to an aromatic ring is 1. The fraction of sp³-hybridized carbons (Fsp3) is 0.0769. The SMILES string of the molecule is Cc1cc(-c2ccc(F)c(F)c2)cn2nc(N)nc12. The molecule has 0 radical (unpaired) electrons. The summed E-state index contributed by atoms with van der Waals surface area (Å²) in [5, 5.41) is 4.02. The van der Waals surface area contributed by atoms with Crippen molar-refractivity contribution in [2.75, 3.05) is 5.73 Å². The molecule has 0 saturated carbocycles. The van der Waals surface area contributed by atoms with E-state index in [0.29, 0.717) is 16.8 Å². The average Bonchev–Trinajstić information content (AvgIpc) is 2.74. The fourth-order valence-corrected chi connectivity index (χ4v) is 2.00. The molecule has 1 aromatic carbocycles. The summed E-state index contributed by atoms with van der Waals surface area (Å²) in [5.74, 6) is -1.58. The normalized spacial score (nSPS) is 11.1. The number of aromatic nitrogens is 3. The highest BCUT2D eigenvalue weighted by molar-refractivity contribution is 5.67. The van der Waals surface area contributed by atoms with Gasteiger partial charge >= 0.3 is 0 Å². The zero-order valence-corrected chi connectivity index (χ0v) is 10.1. The molecule has 3 rings (SSSR count). The highest BCUT2D eigenvalue weighted by atomic mass is 19.2. The second-order valence-electron chi connectivity index (χ2n) is 4.28. The van der Waals surface area contributed by atoms with Gasteiger partial charge in [0.2, 0.25) is 5.95 Å². The second-order valence-corrected chi connectivity index (χ2v) is 4.28. The van der Waals surface area contributed by atoms with E-state index < -0.39 is 11.6 Å². The number of rotatable bonds is 1. The first kappa shape index (κ1) is 11.6. The molecule has 0 unspecified atom stereocenters. The Morgan fingerprint density at radius 1 is 1.11 bits per heavy atom. The van der Waals surface area contributed by atoms with E-state index in [-0.39, 0.29) is 5.95 Å². The van der Waals surface area contributed by atoms with Crippen molar-refractivity contribution in [1.29, 1.82) is 0 Å². The molecule has 19 heavy (non-hydrogen) atoms. The molecule has 0 fully saturated rings. The number of hydrogen-bond acceptors (Lipinski definition) is 3. The molecular weight excluding hydrogens is 250 g/mol. The van der Waals surface area contributed by atoms with Crippen LogP contribution >= 0.6 is 0 Å². The summed E-state index contributed by atoms with van der Waals surface area (Å²) in [7, 11) is 0. The van der Waals surface area contributed by atoms with Crippen molar-refractivity contribution in [1.82, 2.24) is 14.6 Å². The van der Waals surface area contributed by atoms with Crippen LogP contribution in [0.3, 0.4) is 0 Å². The van der Waals surface area contributed by atoms with Gasteiger partial charge in [-0.25, -0.2) is 13.3 Å². The van der Waals surface area contributed by atoms with Gasteiger partial charge in [0.1, 0.15) is 0 Å². The fourth-order valence-electron chi connectivity index (χ4n) is 2.00. The lowest BCUT2D eigenvalue weighted by atomic mass is 10.1. The quantitative estimate of drug-likeness (QED) is 0.731. The minimum absolute atomic E-state index is 0.172. The first-order valence-electron chi connectivity index (χ1n) is 5.62. The molecule has 96 valence electrons. The van der Waals surface area contributed by atoms with Crippen molar-refractivity contribution in [2.45, 2.75) is 6.92 Å². The summed E-state index contributed by atoms with van der Waals surface area (Å²) in [4.78, 5) is 4.07. The molecule has 0 saturated heterocycles. The van der Waals surface area contributed by atoms with Crippen molar-refractivity contribution in [3.05, 3.63) is 47.7 Å². The Morgan fingerprint density at radius 2 is 1.89 bits per heavy atom. The van der Waals surface area contributed by atoms with E-state index >= 15 is 0 Å². The smallest absolute Gasteiger partial charge is 0.240 e. The van der Waals surface area contributed by atoms with Gasteiger partial charge in [-0.2, -0.15) is 4.98 Å². The second kappa shape index (κ2) is 4.01. The molecule has 0 aliphatic heterocycles. The van der Waals surface area contributed by atoms with Crippen LogP contribution in [0.2, 0.25) is 0 Å². The summed E-state index contributed by atoms with van der Waals surface area (Å²) in [6.07, 6.45) is 1.68. The number of fused-ring (bicyclic) bond motifs is 1. The molecule has 2 heterocycles. The van der Waals surface area contributed by atoms with Gasteiger partial charge in [-0.15, -0.1) is 5.10 Å². The Hall–Kier alpha value is -2.50. The molecule has 3 aromatic rings. The molecule has 6 heteroatoms. The third kappa shape index (κ3) is 1.91. The van der Waals surface area contributed by atoms with Crippen LogP contribution in [0.15, 0.2) is 30.5 Å². The number of halogens is 2. The summed E-state index contributed by atoms with van der Waals surface area (Å²) >= 11 is 0. The van der Waals surface area contributed by atoms with Crippen LogP contribution in [0.4, 0.5) is 14.7 Å². The van der Waals surface area contributed by atoms with Gasteiger partial charge in [-0.3, -0.25) is 0 Å².